The topological polar surface area (TPSA) is 47.9 Å². The number of methoxy groups -OCH3 is 3. The molecule has 0 aliphatic heterocycles. The number of benzene rings is 3. The lowest BCUT2D eigenvalue weighted by atomic mass is 9.99. The zero-order valence-corrected chi connectivity index (χ0v) is 13.1. The second-order valence-electron chi connectivity index (χ2n) is 5.22. The van der Waals surface area contributed by atoms with Gasteiger partial charge in [-0.1, -0.05) is 6.07 Å². The molecule has 0 saturated heterocycles. The Bertz CT molecular complexity index is 868. The van der Waals surface area contributed by atoms with Crippen LogP contribution in [-0.2, 0) is 0 Å². The van der Waals surface area contributed by atoms with Gasteiger partial charge in [0.2, 0.25) is 0 Å². The van der Waals surface area contributed by atoms with Crippen molar-refractivity contribution in [2.24, 2.45) is 0 Å². The number of rotatable bonds is 3. The summed E-state index contributed by atoms with van der Waals surface area (Å²) in [7, 11) is 4.78. The number of ether oxygens (including phenoxy) is 3. The summed E-state index contributed by atoms with van der Waals surface area (Å²) in [5.74, 6) is 2.05. The van der Waals surface area contributed by atoms with Crippen LogP contribution in [0.1, 0.15) is 5.56 Å². The molecule has 0 aliphatic carbocycles. The molecule has 0 spiro atoms. The molecule has 0 radical (unpaired) electrons. The summed E-state index contributed by atoms with van der Waals surface area (Å²) >= 11 is 0. The molecule has 0 aliphatic rings. The molecule has 4 heteroatoms. The highest BCUT2D eigenvalue weighted by Crippen LogP contribution is 2.44. The van der Waals surface area contributed by atoms with Crippen LogP contribution in [0.3, 0.4) is 0 Å². The van der Waals surface area contributed by atoms with Crippen LogP contribution in [0, 0.1) is 6.92 Å². The van der Waals surface area contributed by atoms with Gasteiger partial charge in [0, 0.05) is 6.07 Å². The maximum atomic E-state index is 10.8. The molecule has 0 aromatic heterocycles. The van der Waals surface area contributed by atoms with Gasteiger partial charge in [0.05, 0.1) is 32.1 Å². The Kier molecular flexibility index (Phi) is 3.45. The van der Waals surface area contributed by atoms with Gasteiger partial charge < -0.3 is 19.3 Å². The van der Waals surface area contributed by atoms with E-state index in [2.05, 4.69) is 0 Å². The maximum absolute atomic E-state index is 10.8. The van der Waals surface area contributed by atoms with Crippen molar-refractivity contribution < 1.29 is 19.3 Å². The Morgan fingerprint density at radius 2 is 1.32 bits per heavy atom. The largest absolute Gasteiger partial charge is 0.506 e. The molecular weight excluding hydrogens is 280 g/mol. The van der Waals surface area contributed by atoms with Gasteiger partial charge in [0.1, 0.15) is 23.0 Å². The maximum Gasteiger partial charge on any atom is 0.138 e. The Hall–Kier alpha value is -2.62. The average Bonchev–Trinajstić information content (AvgIpc) is 2.52. The van der Waals surface area contributed by atoms with Crippen molar-refractivity contribution >= 4 is 21.5 Å². The summed E-state index contributed by atoms with van der Waals surface area (Å²) in [4.78, 5) is 0. The summed E-state index contributed by atoms with van der Waals surface area (Å²) in [5.41, 5.74) is 1.07. The Morgan fingerprint density at radius 3 is 1.91 bits per heavy atom. The molecular formula is C18H18O4. The fourth-order valence-corrected chi connectivity index (χ4v) is 2.86. The molecule has 4 nitrogen and oxygen atoms in total. The number of phenolic OH excluding ortho intramolecular Hbond substituents is 1. The van der Waals surface area contributed by atoms with Gasteiger partial charge in [0.15, 0.2) is 0 Å². The predicted octanol–water partition coefficient (Wildman–Crippen LogP) is 4.03. The highest BCUT2D eigenvalue weighted by atomic mass is 16.5. The van der Waals surface area contributed by atoms with Crippen LogP contribution >= 0.6 is 0 Å². The van der Waals surface area contributed by atoms with E-state index in [1.54, 1.807) is 27.4 Å². The van der Waals surface area contributed by atoms with Crippen molar-refractivity contribution in [2.45, 2.75) is 6.92 Å². The molecule has 0 heterocycles. The van der Waals surface area contributed by atoms with E-state index < -0.39 is 0 Å². The van der Waals surface area contributed by atoms with Crippen molar-refractivity contribution in [3.63, 3.8) is 0 Å². The van der Waals surface area contributed by atoms with Gasteiger partial charge in [0.25, 0.3) is 0 Å². The van der Waals surface area contributed by atoms with Crippen molar-refractivity contribution in [3.05, 3.63) is 35.9 Å². The first kappa shape index (κ1) is 14.3. The molecule has 0 atom stereocenters. The van der Waals surface area contributed by atoms with E-state index >= 15 is 0 Å². The number of hydrogen-bond acceptors (Lipinski definition) is 4. The smallest absolute Gasteiger partial charge is 0.138 e. The first-order chi connectivity index (χ1) is 10.6. The molecule has 0 amide bonds. The van der Waals surface area contributed by atoms with Gasteiger partial charge in [-0.3, -0.25) is 0 Å². The molecule has 114 valence electrons. The highest BCUT2D eigenvalue weighted by Gasteiger charge is 2.16. The van der Waals surface area contributed by atoms with Crippen LogP contribution in [-0.4, -0.2) is 26.4 Å². The first-order valence-corrected chi connectivity index (χ1v) is 6.95. The third-order valence-corrected chi connectivity index (χ3v) is 3.84. The lowest BCUT2D eigenvalue weighted by Gasteiger charge is -2.14. The first-order valence-electron chi connectivity index (χ1n) is 6.95. The number of aromatic hydroxyl groups is 1. The van der Waals surface area contributed by atoms with Crippen LogP contribution < -0.4 is 14.2 Å². The highest BCUT2D eigenvalue weighted by molar-refractivity contribution is 6.10. The molecule has 0 bridgehead atoms. The van der Waals surface area contributed by atoms with E-state index in [1.807, 2.05) is 31.2 Å². The van der Waals surface area contributed by atoms with Gasteiger partial charge in [-0.05, 0) is 41.5 Å². The molecule has 1 N–H and O–H groups in total. The number of fused-ring (bicyclic) bond motifs is 2. The second-order valence-corrected chi connectivity index (χ2v) is 5.22. The Labute approximate surface area is 128 Å². The van der Waals surface area contributed by atoms with E-state index in [0.29, 0.717) is 28.0 Å². The van der Waals surface area contributed by atoms with Crippen LogP contribution in [0.15, 0.2) is 30.3 Å². The van der Waals surface area contributed by atoms with E-state index in [4.69, 9.17) is 14.2 Å². The molecule has 3 aromatic rings. The number of hydrogen-bond donors (Lipinski definition) is 1. The average molecular weight is 298 g/mol. The lowest BCUT2D eigenvalue weighted by molar-refractivity contribution is 0.396. The van der Waals surface area contributed by atoms with Crippen LogP contribution in [0.2, 0.25) is 0 Å². The third-order valence-electron chi connectivity index (χ3n) is 3.84. The summed E-state index contributed by atoms with van der Waals surface area (Å²) in [6, 6.07) is 9.57. The van der Waals surface area contributed by atoms with Crippen LogP contribution in [0.25, 0.3) is 21.5 Å². The number of phenols is 1. The summed E-state index contributed by atoms with van der Waals surface area (Å²) < 4.78 is 16.1. The van der Waals surface area contributed by atoms with Gasteiger partial charge in [-0.15, -0.1) is 0 Å². The van der Waals surface area contributed by atoms with Crippen molar-refractivity contribution in [3.8, 4) is 23.0 Å². The third kappa shape index (κ3) is 2.08. The molecule has 0 saturated carbocycles. The van der Waals surface area contributed by atoms with Gasteiger partial charge in [-0.25, -0.2) is 0 Å². The van der Waals surface area contributed by atoms with E-state index in [9.17, 15) is 5.11 Å². The van der Waals surface area contributed by atoms with Gasteiger partial charge >= 0.3 is 0 Å². The summed E-state index contributed by atoms with van der Waals surface area (Å²) in [6.07, 6.45) is 0. The minimum Gasteiger partial charge on any atom is -0.506 e. The van der Waals surface area contributed by atoms with Crippen molar-refractivity contribution in [1.82, 2.24) is 0 Å². The van der Waals surface area contributed by atoms with Crippen LogP contribution in [0.4, 0.5) is 0 Å². The SMILES string of the molecule is COc1cc(OC)c2c(O)c3c(OC)cc(C)cc3cc2c1. The molecule has 22 heavy (non-hydrogen) atoms. The fraction of sp³-hybridized carbons (Fsp3) is 0.222. The standard InChI is InChI=1S/C18H18O4/c1-10-5-11-7-12-8-13(20-2)9-15(22-4)17(12)18(19)16(11)14(6-10)21-3/h5-9,19H,1-4H3. The van der Waals surface area contributed by atoms with Crippen molar-refractivity contribution in [2.75, 3.05) is 21.3 Å². The molecule has 0 unspecified atom stereocenters. The Balaban J connectivity index is 2.52. The summed E-state index contributed by atoms with van der Waals surface area (Å²) in [5, 5.41) is 13.9. The normalized spacial score (nSPS) is 10.9. The predicted molar refractivity (Wildman–Crippen MR) is 87.5 cm³/mol. The quantitative estimate of drug-likeness (QED) is 0.742. The Morgan fingerprint density at radius 1 is 0.727 bits per heavy atom. The zero-order chi connectivity index (χ0) is 15.9. The van der Waals surface area contributed by atoms with Crippen molar-refractivity contribution in [1.29, 1.82) is 0 Å². The monoisotopic (exact) mass is 298 g/mol. The van der Waals surface area contributed by atoms with Crippen LogP contribution in [0.5, 0.6) is 23.0 Å². The minimum absolute atomic E-state index is 0.156. The zero-order valence-electron chi connectivity index (χ0n) is 13.1. The van der Waals surface area contributed by atoms with E-state index in [0.717, 1.165) is 16.3 Å². The van der Waals surface area contributed by atoms with Gasteiger partial charge in [-0.2, -0.15) is 0 Å². The van der Waals surface area contributed by atoms with E-state index in [-0.39, 0.29) is 5.75 Å². The summed E-state index contributed by atoms with van der Waals surface area (Å²) in [6.45, 7) is 2.00. The molecule has 3 aromatic carbocycles. The lowest BCUT2D eigenvalue weighted by Crippen LogP contribution is -1.92. The minimum atomic E-state index is 0.156. The van der Waals surface area contributed by atoms with E-state index in [1.165, 1.54) is 0 Å². The fourth-order valence-electron chi connectivity index (χ4n) is 2.86. The second kappa shape index (κ2) is 5.30. The molecule has 0 fully saturated rings. The number of aryl methyl sites for hydroxylation is 1. The molecule has 3 rings (SSSR count).